The first-order chi connectivity index (χ1) is 12.9. The molecule has 1 aromatic heterocycles. The Morgan fingerprint density at radius 3 is 2.67 bits per heavy atom. The Hall–Kier alpha value is -2.81. The lowest BCUT2D eigenvalue weighted by molar-refractivity contribution is -0.129. The van der Waals surface area contributed by atoms with Crippen LogP contribution in [0.2, 0.25) is 0 Å². The highest BCUT2D eigenvalue weighted by molar-refractivity contribution is 7.15. The fraction of sp³-hybridized carbons (Fsp3) is 0.389. The number of hydrogen-bond acceptors (Lipinski definition) is 6. The smallest absolute Gasteiger partial charge is 0.273 e. The number of nitrogens with zero attached hydrogens (tertiary/aromatic N) is 4. The number of aryl methyl sites for hydroxylation is 1. The average Bonchev–Trinajstić information content (AvgIpc) is 3.19. The third-order valence-electron chi connectivity index (χ3n) is 4.93. The first-order valence-electron chi connectivity index (χ1n) is 8.73. The molecule has 8 nitrogen and oxygen atoms in total. The van der Waals surface area contributed by atoms with Crippen molar-refractivity contribution in [3.63, 3.8) is 0 Å². The third kappa shape index (κ3) is 2.45. The lowest BCUT2D eigenvalue weighted by atomic mass is 9.94. The number of rotatable bonds is 3. The molecule has 140 valence electrons. The summed E-state index contributed by atoms with van der Waals surface area (Å²) < 4.78 is 0. The molecule has 2 aromatic rings. The molecule has 9 heteroatoms. The predicted molar refractivity (Wildman–Crippen MR) is 100 cm³/mol. The molecule has 3 amide bonds. The van der Waals surface area contributed by atoms with Gasteiger partial charge in [-0.05, 0) is 32.9 Å². The molecular formula is C18H19N5O3S. The van der Waals surface area contributed by atoms with Gasteiger partial charge in [0.1, 0.15) is 5.01 Å². The van der Waals surface area contributed by atoms with E-state index in [1.54, 1.807) is 31.2 Å². The highest BCUT2D eigenvalue weighted by atomic mass is 32.1. The number of para-hydroxylation sites is 1. The topological polar surface area (TPSA) is 95.5 Å². The zero-order valence-corrected chi connectivity index (χ0v) is 16.0. The minimum atomic E-state index is -1.41. The highest BCUT2D eigenvalue weighted by Gasteiger charge is 2.61. The molecule has 3 heterocycles. The average molecular weight is 385 g/mol. The molecule has 1 aromatic carbocycles. The van der Waals surface area contributed by atoms with E-state index in [1.807, 2.05) is 13.8 Å². The van der Waals surface area contributed by atoms with Gasteiger partial charge in [0.25, 0.3) is 11.8 Å². The summed E-state index contributed by atoms with van der Waals surface area (Å²) >= 11 is 1.25. The summed E-state index contributed by atoms with van der Waals surface area (Å²) in [6.07, 6.45) is 0.418. The Balaban J connectivity index is 1.88. The van der Waals surface area contributed by atoms with Crippen LogP contribution >= 0.6 is 11.3 Å². The van der Waals surface area contributed by atoms with E-state index in [0.29, 0.717) is 21.4 Å². The quantitative estimate of drug-likeness (QED) is 0.874. The maximum atomic E-state index is 13.4. The largest absolute Gasteiger partial charge is 0.304 e. The molecule has 1 N–H and O–H groups in total. The van der Waals surface area contributed by atoms with Gasteiger partial charge in [-0.15, -0.1) is 10.2 Å². The second kappa shape index (κ2) is 6.12. The number of benzene rings is 1. The number of amides is 3. The number of anilines is 2. The van der Waals surface area contributed by atoms with Crippen LogP contribution in [0.25, 0.3) is 0 Å². The summed E-state index contributed by atoms with van der Waals surface area (Å²) in [6.45, 7) is 5.48. The molecule has 2 aliphatic heterocycles. The monoisotopic (exact) mass is 385 g/mol. The van der Waals surface area contributed by atoms with Crippen molar-refractivity contribution in [2.45, 2.75) is 45.3 Å². The number of nitrogens with one attached hydrogen (secondary N) is 1. The summed E-state index contributed by atoms with van der Waals surface area (Å²) in [4.78, 5) is 42.5. The van der Waals surface area contributed by atoms with E-state index in [-0.39, 0.29) is 30.7 Å². The van der Waals surface area contributed by atoms with Gasteiger partial charge in [0.05, 0.1) is 11.3 Å². The molecule has 1 saturated heterocycles. The molecule has 0 radical (unpaired) electrons. The van der Waals surface area contributed by atoms with Crippen LogP contribution in [0, 0.1) is 6.92 Å². The van der Waals surface area contributed by atoms with Crippen molar-refractivity contribution in [2.75, 3.05) is 10.2 Å². The lowest BCUT2D eigenvalue weighted by Crippen LogP contribution is -2.70. The van der Waals surface area contributed by atoms with Gasteiger partial charge in [-0.2, -0.15) is 0 Å². The zero-order valence-electron chi connectivity index (χ0n) is 15.2. The van der Waals surface area contributed by atoms with Crippen LogP contribution in [-0.4, -0.2) is 44.5 Å². The van der Waals surface area contributed by atoms with E-state index in [9.17, 15) is 14.4 Å². The van der Waals surface area contributed by atoms with Gasteiger partial charge < -0.3 is 4.90 Å². The highest BCUT2D eigenvalue weighted by Crippen LogP contribution is 2.45. The Morgan fingerprint density at radius 2 is 2.00 bits per heavy atom. The van der Waals surface area contributed by atoms with Gasteiger partial charge in [0.15, 0.2) is 0 Å². The van der Waals surface area contributed by atoms with Crippen molar-refractivity contribution in [3.05, 3.63) is 34.8 Å². The van der Waals surface area contributed by atoms with E-state index < -0.39 is 11.6 Å². The summed E-state index contributed by atoms with van der Waals surface area (Å²) in [5, 5.41) is 11.7. The Labute approximate surface area is 160 Å². The molecule has 1 fully saturated rings. The summed E-state index contributed by atoms with van der Waals surface area (Å²) in [5.74, 6) is -0.875. The van der Waals surface area contributed by atoms with Crippen molar-refractivity contribution in [1.29, 1.82) is 0 Å². The number of fused-ring (bicyclic) bond motifs is 3. The standard InChI is InChI=1S/C18H19N5O3S/c1-10(2)22-15(25)12-6-4-5-7-13(12)23-14(24)8-9-18(22,23)16(26)19-17-21-20-11(3)27-17/h4-7,10H,8-9H2,1-3H3,(H,19,21,26)/t18-/m1/s1. The van der Waals surface area contributed by atoms with Crippen LogP contribution in [0.5, 0.6) is 0 Å². The van der Waals surface area contributed by atoms with Crippen molar-refractivity contribution in [3.8, 4) is 0 Å². The van der Waals surface area contributed by atoms with Gasteiger partial charge in [0, 0.05) is 18.9 Å². The summed E-state index contributed by atoms with van der Waals surface area (Å²) in [7, 11) is 0. The third-order valence-corrected chi connectivity index (χ3v) is 5.68. The first-order valence-corrected chi connectivity index (χ1v) is 9.55. The molecular weight excluding hydrogens is 366 g/mol. The first kappa shape index (κ1) is 17.6. The van der Waals surface area contributed by atoms with Crippen LogP contribution < -0.4 is 10.2 Å². The van der Waals surface area contributed by atoms with E-state index in [0.717, 1.165) is 0 Å². The van der Waals surface area contributed by atoms with E-state index in [4.69, 9.17) is 0 Å². The van der Waals surface area contributed by atoms with Crippen LogP contribution in [-0.2, 0) is 9.59 Å². The predicted octanol–water partition coefficient (Wildman–Crippen LogP) is 2.17. The summed E-state index contributed by atoms with van der Waals surface area (Å²) in [5.41, 5.74) is -0.502. The van der Waals surface area contributed by atoms with Crippen molar-refractivity contribution in [1.82, 2.24) is 15.1 Å². The van der Waals surface area contributed by atoms with Gasteiger partial charge >= 0.3 is 0 Å². The van der Waals surface area contributed by atoms with Gasteiger partial charge in [-0.25, -0.2) is 0 Å². The fourth-order valence-corrected chi connectivity index (χ4v) is 4.54. The molecule has 0 unspecified atom stereocenters. The molecule has 0 spiro atoms. The zero-order chi connectivity index (χ0) is 19.3. The fourth-order valence-electron chi connectivity index (χ4n) is 3.95. The molecule has 0 saturated carbocycles. The van der Waals surface area contributed by atoms with Crippen LogP contribution in [0.15, 0.2) is 24.3 Å². The SMILES string of the molecule is Cc1nnc(NC(=O)[C@@]23CCC(=O)N2c2ccccc2C(=O)N3C(C)C)s1. The van der Waals surface area contributed by atoms with Crippen LogP contribution in [0.3, 0.4) is 0 Å². The Bertz CT molecular complexity index is 956. The van der Waals surface area contributed by atoms with Crippen molar-refractivity contribution >= 4 is 39.9 Å². The van der Waals surface area contributed by atoms with E-state index >= 15 is 0 Å². The van der Waals surface area contributed by atoms with Gasteiger partial charge in [-0.1, -0.05) is 23.5 Å². The van der Waals surface area contributed by atoms with Crippen LogP contribution in [0.4, 0.5) is 10.8 Å². The van der Waals surface area contributed by atoms with Crippen molar-refractivity contribution in [2.24, 2.45) is 0 Å². The number of carbonyl (C=O) groups excluding carboxylic acids is 3. The second-order valence-electron chi connectivity index (χ2n) is 6.91. The van der Waals surface area contributed by atoms with E-state index in [2.05, 4.69) is 15.5 Å². The Morgan fingerprint density at radius 1 is 1.26 bits per heavy atom. The Kier molecular flexibility index (Phi) is 3.99. The van der Waals surface area contributed by atoms with Gasteiger partial charge in [-0.3, -0.25) is 24.6 Å². The number of hydrogen-bond donors (Lipinski definition) is 1. The molecule has 4 rings (SSSR count). The molecule has 27 heavy (non-hydrogen) atoms. The number of carbonyl (C=O) groups is 3. The van der Waals surface area contributed by atoms with Gasteiger partial charge in [0.2, 0.25) is 16.7 Å². The minimum Gasteiger partial charge on any atom is -0.304 e. The lowest BCUT2D eigenvalue weighted by Gasteiger charge is -2.50. The maximum Gasteiger partial charge on any atom is 0.273 e. The molecule has 2 aliphatic rings. The molecule has 0 aliphatic carbocycles. The summed E-state index contributed by atoms with van der Waals surface area (Å²) in [6, 6.07) is 6.65. The molecule has 0 bridgehead atoms. The normalized spacial score (nSPS) is 21.5. The minimum absolute atomic E-state index is 0.177. The number of aromatic nitrogens is 2. The second-order valence-corrected chi connectivity index (χ2v) is 8.09. The van der Waals surface area contributed by atoms with Crippen LogP contribution in [0.1, 0.15) is 42.1 Å². The van der Waals surface area contributed by atoms with Crippen molar-refractivity contribution < 1.29 is 14.4 Å². The van der Waals surface area contributed by atoms with E-state index in [1.165, 1.54) is 21.1 Å². The maximum absolute atomic E-state index is 13.4. The molecule has 1 atom stereocenters.